The fourth-order valence-corrected chi connectivity index (χ4v) is 1.59. The molecule has 0 amide bonds. The minimum atomic E-state index is -0.0137. The molecule has 0 bridgehead atoms. The lowest BCUT2D eigenvalue weighted by atomic mass is 10.0. The van der Waals surface area contributed by atoms with E-state index in [1.54, 1.807) is 4.68 Å². The summed E-state index contributed by atoms with van der Waals surface area (Å²) in [4.78, 5) is 11.9. The van der Waals surface area contributed by atoms with Crippen LogP contribution >= 0.6 is 0 Å². The zero-order valence-corrected chi connectivity index (χ0v) is 10.1. The average molecular weight is 230 g/mol. The van der Waals surface area contributed by atoms with E-state index in [1.165, 1.54) is 0 Å². The van der Waals surface area contributed by atoms with Crippen LogP contribution in [-0.4, -0.2) is 26.0 Å². The van der Waals surface area contributed by atoms with E-state index < -0.39 is 0 Å². The number of aromatic nitrogens is 4. The first-order chi connectivity index (χ1) is 8.09. The van der Waals surface area contributed by atoms with Crippen LogP contribution in [0.3, 0.4) is 0 Å². The lowest BCUT2D eigenvalue weighted by Crippen LogP contribution is -2.08. The molecule has 0 aliphatic carbocycles. The molecule has 5 nitrogen and oxygen atoms in total. The maximum atomic E-state index is 11.9. The SMILES string of the molecule is Cc1nnnn1-c1cccc(C(=O)C(C)C)c1. The van der Waals surface area contributed by atoms with Crippen molar-refractivity contribution in [3.63, 3.8) is 0 Å². The summed E-state index contributed by atoms with van der Waals surface area (Å²) in [5.74, 6) is 0.803. The van der Waals surface area contributed by atoms with Crippen molar-refractivity contribution < 1.29 is 4.79 Å². The molecule has 0 unspecified atom stereocenters. The van der Waals surface area contributed by atoms with Crippen molar-refractivity contribution in [3.8, 4) is 5.69 Å². The summed E-state index contributed by atoms with van der Waals surface area (Å²) in [6.45, 7) is 5.59. The maximum absolute atomic E-state index is 11.9. The van der Waals surface area contributed by atoms with Gasteiger partial charge in [-0.25, -0.2) is 0 Å². The highest BCUT2D eigenvalue weighted by molar-refractivity contribution is 5.97. The van der Waals surface area contributed by atoms with Gasteiger partial charge in [-0.2, -0.15) is 4.68 Å². The number of carbonyl (C=O) groups is 1. The number of nitrogens with zero attached hydrogens (tertiary/aromatic N) is 4. The number of ketones is 1. The lowest BCUT2D eigenvalue weighted by molar-refractivity contribution is 0.0939. The molecule has 0 saturated heterocycles. The molecule has 1 aromatic heterocycles. The summed E-state index contributed by atoms with van der Waals surface area (Å²) in [7, 11) is 0. The summed E-state index contributed by atoms with van der Waals surface area (Å²) in [5.41, 5.74) is 1.49. The highest BCUT2D eigenvalue weighted by Crippen LogP contribution is 2.14. The Morgan fingerprint density at radius 2 is 2.12 bits per heavy atom. The molecule has 88 valence electrons. The molecule has 17 heavy (non-hydrogen) atoms. The Hall–Kier alpha value is -2.04. The number of rotatable bonds is 3. The first-order valence-electron chi connectivity index (χ1n) is 5.49. The average Bonchev–Trinajstić information content (AvgIpc) is 2.74. The van der Waals surface area contributed by atoms with Crippen LogP contribution < -0.4 is 0 Å². The van der Waals surface area contributed by atoms with E-state index in [2.05, 4.69) is 15.5 Å². The highest BCUT2D eigenvalue weighted by atomic mass is 16.1. The smallest absolute Gasteiger partial charge is 0.165 e. The van der Waals surface area contributed by atoms with Crippen LogP contribution in [-0.2, 0) is 0 Å². The van der Waals surface area contributed by atoms with E-state index in [0.717, 1.165) is 5.69 Å². The largest absolute Gasteiger partial charge is 0.294 e. The molecule has 1 aromatic carbocycles. The Labute approximate surface area is 99.5 Å². The van der Waals surface area contributed by atoms with Gasteiger partial charge in [0.1, 0.15) is 0 Å². The van der Waals surface area contributed by atoms with Crippen LogP contribution in [0.25, 0.3) is 5.69 Å². The van der Waals surface area contributed by atoms with Gasteiger partial charge in [0, 0.05) is 11.5 Å². The van der Waals surface area contributed by atoms with Gasteiger partial charge in [-0.05, 0) is 29.5 Å². The van der Waals surface area contributed by atoms with Crippen LogP contribution in [0, 0.1) is 12.8 Å². The molecule has 0 aliphatic rings. The van der Waals surface area contributed by atoms with E-state index in [4.69, 9.17) is 0 Å². The van der Waals surface area contributed by atoms with Gasteiger partial charge in [0.25, 0.3) is 0 Å². The molecule has 0 radical (unpaired) electrons. The van der Waals surface area contributed by atoms with Gasteiger partial charge in [0.15, 0.2) is 11.6 Å². The Balaban J connectivity index is 2.42. The Kier molecular flexibility index (Phi) is 2.99. The molecular weight excluding hydrogens is 216 g/mol. The topological polar surface area (TPSA) is 60.7 Å². The molecule has 1 heterocycles. The Morgan fingerprint density at radius 3 is 2.71 bits per heavy atom. The minimum Gasteiger partial charge on any atom is -0.294 e. The summed E-state index contributed by atoms with van der Waals surface area (Å²) in [6, 6.07) is 7.34. The number of Topliss-reactive ketones (excluding diaryl/α,β-unsaturated/α-hetero) is 1. The van der Waals surface area contributed by atoms with Crippen LogP contribution in [0.4, 0.5) is 0 Å². The fourth-order valence-electron chi connectivity index (χ4n) is 1.59. The van der Waals surface area contributed by atoms with Gasteiger partial charge in [0.2, 0.25) is 0 Å². The highest BCUT2D eigenvalue weighted by Gasteiger charge is 2.12. The Morgan fingerprint density at radius 1 is 1.35 bits per heavy atom. The van der Waals surface area contributed by atoms with Crippen molar-refractivity contribution in [2.75, 3.05) is 0 Å². The van der Waals surface area contributed by atoms with Gasteiger partial charge in [0.05, 0.1) is 5.69 Å². The number of benzene rings is 1. The first kappa shape index (κ1) is 11.4. The van der Waals surface area contributed by atoms with Crippen molar-refractivity contribution in [2.24, 2.45) is 5.92 Å². The molecule has 0 saturated carbocycles. The van der Waals surface area contributed by atoms with Crippen molar-refractivity contribution in [1.82, 2.24) is 20.2 Å². The molecule has 0 fully saturated rings. The molecule has 2 aromatic rings. The molecular formula is C12H14N4O. The first-order valence-corrected chi connectivity index (χ1v) is 5.49. The second-order valence-electron chi connectivity index (χ2n) is 4.21. The van der Waals surface area contributed by atoms with Crippen molar-refractivity contribution >= 4 is 5.78 Å². The van der Waals surface area contributed by atoms with Crippen molar-refractivity contribution in [1.29, 1.82) is 0 Å². The molecule has 2 rings (SSSR count). The van der Waals surface area contributed by atoms with E-state index in [9.17, 15) is 4.79 Å². The number of aryl methyl sites for hydroxylation is 1. The summed E-state index contributed by atoms with van der Waals surface area (Å²) >= 11 is 0. The fraction of sp³-hybridized carbons (Fsp3) is 0.333. The van der Waals surface area contributed by atoms with Crippen molar-refractivity contribution in [2.45, 2.75) is 20.8 Å². The molecule has 0 N–H and O–H groups in total. The zero-order valence-electron chi connectivity index (χ0n) is 10.1. The molecule has 0 spiro atoms. The maximum Gasteiger partial charge on any atom is 0.165 e. The van der Waals surface area contributed by atoms with Crippen molar-refractivity contribution in [3.05, 3.63) is 35.7 Å². The second kappa shape index (κ2) is 4.45. The number of hydrogen-bond acceptors (Lipinski definition) is 4. The number of carbonyl (C=O) groups excluding carboxylic acids is 1. The summed E-state index contributed by atoms with van der Waals surface area (Å²) in [6.07, 6.45) is 0. The summed E-state index contributed by atoms with van der Waals surface area (Å²) < 4.78 is 1.61. The van der Waals surface area contributed by atoms with Crippen LogP contribution in [0.2, 0.25) is 0 Å². The van der Waals surface area contributed by atoms with Crippen LogP contribution in [0.1, 0.15) is 30.0 Å². The van der Waals surface area contributed by atoms with Crippen LogP contribution in [0.15, 0.2) is 24.3 Å². The monoisotopic (exact) mass is 230 g/mol. The van der Waals surface area contributed by atoms with E-state index in [1.807, 2.05) is 45.0 Å². The third-order valence-corrected chi connectivity index (χ3v) is 2.53. The van der Waals surface area contributed by atoms with Gasteiger partial charge >= 0.3 is 0 Å². The van der Waals surface area contributed by atoms with Gasteiger partial charge in [-0.1, -0.05) is 26.0 Å². The van der Waals surface area contributed by atoms with Gasteiger partial charge in [-0.15, -0.1) is 5.10 Å². The number of tetrazole rings is 1. The normalized spacial score (nSPS) is 10.8. The third-order valence-electron chi connectivity index (χ3n) is 2.53. The predicted octanol–water partition coefficient (Wildman–Crippen LogP) is 1.81. The van der Waals surface area contributed by atoms with E-state index in [-0.39, 0.29) is 11.7 Å². The van der Waals surface area contributed by atoms with E-state index >= 15 is 0 Å². The predicted molar refractivity (Wildman–Crippen MR) is 63.1 cm³/mol. The number of hydrogen-bond donors (Lipinski definition) is 0. The Bertz CT molecular complexity index is 545. The third kappa shape index (κ3) is 2.22. The standard InChI is InChI=1S/C12H14N4O/c1-8(2)12(17)10-5-4-6-11(7-10)16-9(3)13-14-15-16/h4-8H,1-3H3. The van der Waals surface area contributed by atoms with E-state index in [0.29, 0.717) is 11.4 Å². The van der Waals surface area contributed by atoms with Gasteiger partial charge in [-0.3, -0.25) is 4.79 Å². The quantitative estimate of drug-likeness (QED) is 0.754. The minimum absolute atomic E-state index is 0.0137. The van der Waals surface area contributed by atoms with Gasteiger partial charge < -0.3 is 0 Å². The zero-order chi connectivity index (χ0) is 12.4. The van der Waals surface area contributed by atoms with Crippen LogP contribution in [0.5, 0.6) is 0 Å². The second-order valence-corrected chi connectivity index (χ2v) is 4.21. The molecule has 0 aliphatic heterocycles. The molecule has 5 heteroatoms. The lowest BCUT2D eigenvalue weighted by Gasteiger charge is -2.06. The summed E-state index contributed by atoms with van der Waals surface area (Å²) in [5, 5.41) is 11.3. The molecule has 0 atom stereocenters.